The summed E-state index contributed by atoms with van der Waals surface area (Å²) in [6.45, 7) is 5.59. The van der Waals surface area contributed by atoms with E-state index in [1.165, 1.54) is 0 Å². The van der Waals surface area contributed by atoms with E-state index in [9.17, 15) is 9.90 Å². The van der Waals surface area contributed by atoms with Crippen LogP contribution in [0.3, 0.4) is 0 Å². The molecule has 1 aromatic rings. The van der Waals surface area contributed by atoms with E-state index >= 15 is 0 Å². The number of hydrogen-bond donors (Lipinski definition) is 3. The van der Waals surface area contributed by atoms with E-state index in [0.29, 0.717) is 6.54 Å². The Kier molecular flexibility index (Phi) is 5.11. The Morgan fingerprint density at radius 2 is 2.35 bits per heavy atom. The number of hydrogen-bond acceptors (Lipinski definition) is 4. The predicted molar refractivity (Wildman–Crippen MR) is 64.2 cm³/mol. The molecule has 1 unspecified atom stereocenters. The lowest BCUT2D eigenvalue weighted by Gasteiger charge is -2.09. The molecule has 0 saturated carbocycles. The molecule has 6 nitrogen and oxygen atoms in total. The molecule has 4 N–H and O–H groups in total. The van der Waals surface area contributed by atoms with E-state index in [1.54, 1.807) is 0 Å². The van der Waals surface area contributed by atoms with Crippen molar-refractivity contribution in [3.8, 4) is 0 Å². The Balaban J connectivity index is 2.50. The van der Waals surface area contributed by atoms with Crippen molar-refractivity contribution >= 4 is 5.91 Å². The zero-order chi connectivity index (χ0) is 12.8. The number of aliphatic hydroxyl groups is 1. The number of carbonyl (C=O) groups excluding carboxylic acids is 1. The molecule has 1 heterocycles. The summed E-state index contributed by atoms with van der Waals surface area (Å²) in [7, 11) is 0. The molecular formula is C11H20N4O2. The van der Waals surface area contributed by atoms with Crippen LogP contribution < -0.4 is 11.1 Å². The number of aromatic nitrogens is 2. The van der Waals surface area contributed by atoms with Crippen LogP contribution in [0.5, 0.6) is 0 Å². The lowest BCUT2D eigenvalue weighted by molar-refractivity contribution is -0.125. The molecule has 96 valence electrons. The van der Waals surface area contributed by atoms with E-state index in [-0.39, 0.29) is 6.54 Å². The predicted octanol–water partition coefficient (Wildman–Crippen LogP) is -0.599. The van der Waals surface area contributed by atoms with Crippen molar-refractivity contribution < 1.29 is 9.90 Å². The highest BCUT2D eigenvalue weighted by atomic mass is 16.3. The number of amides is 1. The van der Waals surface area contributed by atoms with Gasteiger partial charge in [-0.1, -0.05) is 6.92 Å². The molecule has 17 heavy (non-hydrogen) atoms. The third-order valence-corrected chi connectivity index (χ3v) is 2.55. The Morgan fingerprint density at radius 3 is 2.88 bits per heavy atom. The maximum atomic E-state index is 10.6. The largest absolute Gasteiger partial charge is 0.382 e. The molecule has 1 atom stereocenters. The van der Waals surface area contributed by atoms with Crippen LogP contribution in [-0.2, 0) is 24.3 Å². The third-order valence-electron chi connectivity index (χ3n) is 2.55. The zero-order valence-corrected chi connectivity index (χ0v) is 10.3. The van der Waals surface area contributed by atoms with E-state index in [4.69, 9.17) is 5.73 Å². The van der Waals surface area contributed by atoms with Gasteiger partial charge in [-0.3, -0.25) is 9.48 Å². The van der Waals surface area contributed by atoms with Crippen LogP contribution in [0.2, 0.25) is 0 Å². The lowest BCUT2D eigenvalue weighted by atomic mass is 10.3. The van der Waals surface area contributed by atoms with Crippen LogP contribution in [-0.4, -0.2) is 33.4 Å². The molecule has 0 bridgehead atoms. The summed E-state index contributed by atoms with van der Waals surface area (Å²) < 4.78 is 1.91. The molecule has 0 fully saturated rings. The highest BCUT2D eigenvalue weighted by molar-refractivity contribution is 5.78. The van der Waals surface area contributed by atoms with Gasteiger partial charge >= 0.3 is 0 Å². The number of aryl methyl sites for hydroxylation is 2. The fourth-order valence-electron chi connectivity index (χ4n) is 1.54. The summed E-state index contributed by atoms with van der Waals surface area (Å²) in [6.07, 6.45) is -0.247. The number of carbonyl (C=O) groups is 1. The van der Waals surface area contributed by atoms with Gasteiger partial charge in [0.1, 0.15) is 6.10 Å². The van der Waals surface area contributed by atoms with Gasteiger partial charge < -0.3 is 16.2 Å². The van der Waals surface area contributed by atoms with Crippen LogP contribution in [0, 0.1) is 0 Å². The smallest absolute Gasteiger partial charge is 0.247 e. The van der Waals surface area contributed by atoms with Crippen LogP contribution in [0.4, 0.5) is 0 Å². The van der Waals surface area contributed by atoms with Gasteiger partial charge in [-0.25, -0.2) is 0 Å². The van der Waals surface area contributed by atoms with Crippen molar-refractivity contribution in [2.24, 2.45) is 5.73 Å². The van der Waals surface area contributed by atoms with Gasteiger partial charge in [-0.15, -0.1) is 0 Å². The topological polar surface area (TPSA) is 93.2 Å². The first-order valence-electron chi connectivity index (χ1n) is 5.82. The van der Waals surface area contributed by atoms with Gasteiger partial charge in [-0.05, 0) is 19.4 Å². The van der Waals surface area contributed by atoms with Crippen molar-refractivity contribution in [3.63, 3.8) is 0 Å². The van der Waals surface area contributed by atoms with E-state index in [0.717, 1.165) is 24.4 Å². The molecule has 1 amide bonds. The second kappa shape index (κ2) is 6.36. The number of aliphatic hydroxyl groups excluding tert-OH is 1. The summed E-state index contributed by atoms with van der Waals surface area (Å²) >= 11 is 0. The van der Waals surface area contributed by atoms with Gasteiger partial charge in [0, 0.05) is 19.6 Å². The lowest BCUT2D eigenvalue weighted by Crippen LogP contribution is -2.37. The molecule has 0 aromatic carbocycles. The summed E-state index contributed by atoms with van der Waals surface area (Å²) in [6, 6.07) is 2.02. The molecule has 0 aliphatic heterocycles. The highest BCUT2D eigenvalue weighted by Gasteiger charge is 2.11. The average Bonchev–Trinajstić information content (AvgIpc) is 2.71. The van der Waals surface area contributed by atoms with Crippen molar-refractivity contribution in [3.05, 3.63) is 17.5 Å². The van der Waals surface area contributed by atoms with E-state index in [1.807, 2.05) is 17.7 Å². The Hall–Kier alpha value is -1.40. The van der Waals surface area contributed by atoms with Crippen molar-refractivity contribution in [1.82, 2.24) is 15.1 Å². The normalized spacial score (nSPS) is 12.6. The molecule has 1 rings (SSSR count). The number of rotatable bonds is 7. The maximum absolute atomic E-state index is 10.6. The molecule has 1 aromatic heterocycles. The van der Waals surface area contributed by atoms with Gasteiger partial charge in [0.2, 0.25) is 5.91 Å². The number of nitrogens with two attached hydrogens (primary N) is 1. The second-order valence-electron chi connectivity index (χ2n) is 3.85. The first-order valence-corrected chi connectivity index (χ1v) is 5.82. The fraction of sp³-hybridized carbons (Fsp3) is 0.636. The zero-order valence-electron chi connectivity index (χ0n) is 10.3. The monoisotopic (exact) mass is 240 g/mol. The minimum Gasteiger partial charge on any atom is -0.382 e. The van der Waals surface area contributed by atoms with E-state index < -0.39 is 12.0 Å². The summed E-state index contributed by atoms with van der Waals surface area (Å²) in [5.41, 5.74) is 7.03. The van der Waals surface area contributed by atoms with Crippen molar-refractivity contribution in [1.29, 1.82) is 0 Å². The average molecular weight is 240 g/mol. The van der Waals surface area contributed by atoms with Crippen LogP contribution in [0.25, 0.3) is 0 Å². The third kappa shape index (κ3) is 3.83. The number of primary amides is 1. The maximum Gasteiger partial charge on any atom is 0.247 e. The first-order chi connectivity index (χ1) is 8.08. The molecule has 0 radical (unpaired) electrons. The molecule has 0 spiro atoms. The van der Waals surface area contributed by atoms with Crippen LogP contribution in [0.1, 0.15) is 25.2 Å². The fourth-order valence-corrected chi connectivity index (χ4v) is 1.54. The molecule has 6 heteroatoms. The van der Waals surface area contributed by atoms with Gasteiger partial charge in [-0.2, -0.15) is 5.10 Å². The van der Waals surface area contributed by atoms with Crippen molar-refractivity contribution in [2.45, 2.75) is 39.5 Å². The Morgan fingerprint density at radius 1 is 1.65 bits per heavy atom. The quantitative estimate of drug-likeness (QED) is 0.593. The molecular weight excluding hydrogens is 220 g/mol. The number of nitrogens with one attached hydrogen (secondary N) is 1. The Labute approximate surface area is 101 Å². The van der Waals surface area contributed by atoms with Gasteiger partial charge in [0.05, 0.1) is 11.4 Å². The van der Waals surface area contributed by atoms with Gasteiger partial charge in [0.25, 0.3) is 0 Å². The van der Waals surface area contributed by atoms with Gasteiger partial charge in [0.15, 0.2) is 0 Å². The summed E-state index contributed by atoms with van der Waals surface area (Å²) in [4.78, 5) is 10.6. The summed E-state index contributed by atoms with van der Waals surface area (Å²) in [5, 5.41) is 16.6. The van der Waals surface area contributed by atoms with Crippen LogP contribution >= 0.6 is 0 Å². The highest BCUT2D eigenvalue weighted by Crippen LogP contribution is 2.05. The van der Waals surface area contributed by atoms with Crippen LogP contribution in [0.15, 0.2) is 6.07 Å². The standard InChI is InChI=1S/C11H20N4O2/c1-3-8-5-9(15(4-2)14-8)6-13-7-10(16)11(12)17/h5,10,13,16H,3-4,6-7H2,1-2H3,(H2,12,17). The summed E-state index contributed by atoms with van der Waals surface area (Å²) in [5.74, 6) is -0.712. The molecule has 0 aliphatic carbocycles. The van der Waals surface area contributed by atoms with Crippen molar-refractivity contribution in [2.75, 3.05) is 6.54 Å². The molecule has 0 aliphatic rings. The SMILES string of the molecule is CCc1cc(CNCC(O)C(N)=O)n(CC)n1. The first kappa shape index (κ1) is 13.7. The van der Waals surface area contributed by atoms with E-state index in [2.05, 4.69) is 17.3 Å². The number of nitrogens with zero attached hydrogens (tertiary/aromatic N) is 2. The molecule has 0 saturated heterocycles. The second-order valence-corrected chi connectivity index (χ2v) is 3.85. The Bertz CT molecular complexity index is 376. The minimum atomic E-state index is -1.14. The minimum absolute atomic E-state index is 0.158.